The lowest BCUT2D eigenvalue weighted by Crippen LogP contribution is -2.31. The number of ketones is 1. The average molecular weight is 407 g/mol. The van der Waals surface area contributed by atoms with E-state index in [-0.39, 0.29) is 23.0 Å². The number of carbonyl (C=O) groups is 3. The first kappa shape index (κ1) is 20.5. The third-order valence-electron chi connectivity index (χ3n) is 4.39. The molecule has 0 spiro atoms. The Morgan fingerprint density at radius 2 is 1.66 bits per heavy atom. The predicted molar refractivity (Wildman–Crippen MR) is 112 cm³/mol. The van der Waals surface area contributed by atoms with E-state index in [1.54, 1.807) is 30.3 Å². The molecule has 1 N–H and O–H groups in total. The highest BCUT2D eigenvalue weighted by Crippen LogP contribution is 2.18. The van der Waals surface area contributed by atoms with Gasteiger partial charge in [0.05, 0.1) is 11.6 Å². The molecule has 0 radical (unpaired) electrons. The van der Waals surface area contributed by atoms with Gasteiger partial charge in [-0.2, -0.15) is 0 Å². The van der Waals surface area contributed by atoms with E-state index in [4.69, 9.17) is 4.74 Å². The zero-order valence-electron chi connectivity index (χ0n) is 16.2. The Labute approximate surface area is 173 Å². The SMILES string of the molecule is Cc1ccc(C(=O)c2ccccc2C(=O)OCC(=O)N[C@H](C)c2cccs2)cc1. The van der Waals surface area contributed by atoms with Crippen molar-refractivity contribution in [2.24, 2.45) is 0 Å². The van der Waals surface area contributed by atoms with Crippen LogP contribution < -0.4 is 5.32 Å². The molecule has 0 saturated carbocycles. The molecule has 148 valence electrons. The number of hydrogen-bond acceptors (Lipinski definition) is 5. The molecule has 1 amide bonds. The fourth-order valence-electron chi connectivity index (χ4n) is 2.82. The zero-order chi connectivity index (χ0) is 20.8. The van der Waals surface area contributed by atoms with Crippen molar-refractivity contribution in [3.8, 4) is 0 Å². The second-order valence-corrected chi connectivity index (χ2v) is 7.60. The number of rotatable bonds is 7. The molecule has 0 fully saturated rings. The van der Waals surface area contributed by atoms with E-state index in [0.717, 1.165) is 10.4 Å². The van der Waals surface area contributed by atoms with Gasteiger partial charge in [0.25, 0.3) is 5.91 Å². The first-order valence-corrected chi connectivity index (χ1v) is 10.0. The number of aryl methyl sites for hydroxylation is 1. The highest BCUT2D eigenvalue weighted by molar-refractivity contribution is 7.10. The Morgan fingerprint density at radius 3 is 2.31 bits per heavy atom. The van der Waals surface area contributed by atoms with Gasteiger partial charge in [-0.3, -0.25) is 9.59 Å². The monoisotopic (exact) mass is 407 g/mol. The van der Waals surface area contributed by atoms with E-state index in [9.17, 15) is 14.4 Å². The summed E-state index contributed by atoms with van der Waals surface area (Å²) in [6.45, 7) is 3.38. The molecular weight excluding hydrogens is 386 g/mol. The van der Waals surface area contributed by atoms with Crippen LogP contribution in [0.25, 0.3) is 0 Å². The number of hydrogen-bond donors (Lipinski definition) is 1. The van der Waals surface area contributed by atoms with Crippen LogP contribution in [0.5, 0.6) is 0 Å². The van der Waals surface area contributed by atoms with Crippen LogP contribution in [0.3, 0.4) is 0 Å². The molecule has 29 heavy (non-hydrogen) atoms. The van der Waals surface area contributed by atoms with Gasteiger partial charge < -0.3 is 10.1 Å². The molecule has 0 aliphatic carbocycles. The van der Waals surface area contributed by atoms with Crippen LogP contribution in [-0.4, -0.2) is 24.3 Å². The van der Waals surface area contributed by atoms with Crippen LogP contribution in [0.2, 0.25) is 0 Å². The van der Waals surface area contributed by atoms with Crippen molar-refractivity contribution in [2.75, 3.05) is 6.61 Å². The van der Waals surface area contributed by atoms with Gasteiger partial charge in [0.2, 0.25) is 0 Å². The zero-order valence-corrected chi connectivity index (χ0v) is 17.0. The van der Waals surface area contributed by atoms with Gasteiger partial charge in [-0.25, -0.2) is 4.79 Å². The van der Waals surface area contributed by atoms with Crippen molar-refractivity contribution in [3.05, 3.63) is 93.2 Å². The maximum atomic E-state index is 12.8. The van der Waals surface area contributed by atoms with Gasteiger partial charge in [0.1, 0.15) is 0 Å². The lowest BCUT2D eigenvalue weighted by Gasteiger charge is -2.13. The Bertz CT molecular complexity index is 1010. The molecule has 0 saturated heterocycles. The minimum atomic E-state index is -0.708. The quantitative estimate of drug-likeness (QED) is 0.468. The van der Waals surface area contributed by atoms with Crippen molar-refractivity contribution in [1.82, 2.24) is 5.32 Å². The van der Waals surface area contributed by atoms with E-state index in [2.05, 4.69) is 5.32 Å². The third-order valence-corrected chi connectivity index (χ3v) is 5.44. The van der Waals surface area contributed by atoms with Gasteiger partial charge >= 0.3 is 5.97 Å². The number of esters is 1. The first-order chi connectivity index (χ1) is 14.0. The molecule has 1 atom stereocenters. The van der Waals surface area contributed by atoms with Crippen LogP contribution in [0, 0.1) is 6.92 Å². The number of nitrogens with one attached hydrogen (secondary N) is 1. The van der Waals surface area contributed by atoms with E-state index in [1.165, 1.54) is 17.4 Å². The summed E-state index contributed by atoms with van der Waals surface area (Å²) in [6, 6.07) is 17.2. The Kier molecular flexibility index (Phi) is 6.57. The third kappa shape index (κ3) is 5.18. The van der Waals surface area contributed by atoms with Crippen LogP contribution in [0.4, 0.5) is 0 Å². The maximum absolute atomic E-state index is 12.8. The number of benzene rings is 2. The lowest BCUT2D eigenvalue weighted by molar-refractivity contribution is -0.124. The molecule has 1 aromatic heterocycles. The molecule has 3 aromatic rings. The summed E-state index contributed by atoms with van der Waals surface area (Å²) in [6.07, 6.45) is 0. The number of amides is 1. The molecule has 5 nitrogen and oxygen atoms in total. The van der Waals surface area contributed by atoms with E-state index >= 15 is 0 Å². The summed E-state index contributed by atoms with van der Waals surface area (Å²) in [4.78, 5) is 38.5. The fourth-order valence-corrected chi connectivity index (χ4v) is 3.55. The summed E-state index contributed by atoms with van der Waals surface area (Å²) >= 11 is 1.54. The topological polar surface area (TPSA) is 72.5 Å². The van der Waals surface area contributed by atoms with Crippen molar-refractivity contribution in [2.45, 2.75) is 19.9 Å². The number of thiophene rings is 1. The smallest absolute Gasteiger partial charge is 0.339 e. The Balaban J connectivity index is 1.66. The number of carbonyl (C=O) groups excluding carboxylic acids is 3. The van der Waals surface area contributed by atoms with Gasteiger partial charge in [-0.15, -0.1) is 11.3 Å². The average Bonchev–Trinajstić information content (AvgIpc) is 3.27. The summed E-state index contributed by atoms with van der Waals surface area (Å²) in [7, 11) is 0. The minimum absolute atomic E-state index is 0.136. The van der Waals surface area contributed by atoms with Crippen LogP contribution in [-0.2, 0) is 9.53 Å². The molecule has 1 heterocycles. The molecule has 6 heteroatoms. The molecule has 0 aliphatic heterocycles. The van der Waals surface area contributed by atoms with Crippen LogP contribution >= 0.6 is 11.3 Å². The second kappa shape index (κ2) is 9.30. The molecule has 2 aromatic carbocycles. The number of ether oxygens (including phenoxy) is 1. The Hall–Kier alpha value is -3.25. The fraction of sp³-hybridized carbons (Fsp3) is 0.174. The van der Waals surface area contributed by atoms with E-state index in [1.807, 2.05) is 43.5 Å². The molecule has 0 aliphatic rings. The lowest BCUT2D eigenvalue weighted by atomic mass is 9.98. The molecular formula is C23H21NO4S. The maximum Gasteiger partial charge on any atom is 0.339 e. The standard InChI is InChI=1S/C23H21NO4S/c1-15-9-11-17(12-10-15)22(26)18-6-3-4-7-19(18)23(27)28-14-21(25)24-16(2)20-8-5-13-29-20/h3-13,16H,14H2,1-2H3,(H,24,25)/t16-/m1/s1. The van der Waals surface area contributed by atoms with Crippen molar-refractivity contribution in [1.29, 1.82) is 0 Å². The van der Waals surface area contributed by atoms with Gasteiger partial charge in [-0.05, 0) is 31.4 Å². The van der Waals surface area contributed by atoms with E-state index < -0.39 is 18.5 Å². The minimum Gasteiger partial charge on any atom is -0.452 e. The molecule has 0 bridgehead atoms. The van der Waals surface area contributed by atoms with Gasteiger partial charge in [-0.1, -0.05) is 54.1 Å². The summed E-state index contributed by atoms with van der Waals surface area (Å²) in [5.74, 6) is -1.38. The van der Waals surface area contributed by atoms with Crippen molar-refractivity contribution in [3.63, 3.8) is 0 Å². The summed E-state index contributed by atoms with van der Waals surface area (Å²) < 4.78 is 5.15. The summed E-state index contributed by atoms with van der Waals surface area (Å²) in [5.41, 5.74) is 1.90. The highest BCUT2D eigenvalue weighted by Gasteiger charge is 2.20. The van der Waals surface area contributed by atoms with Crippen LogP contribution in [0.1, 0.15) is 49.7 Å². The van der Waals surface area contributed by atoms with Gasteiger partial charge in [0.15, 0.2) is 12.4 Å². The molecule has 0 unspecified atom stereocenters. The Morgan fingerprint density at radius 1 is 0.966 bits per heavy atom. The van der Waals surface area contributed by atoms with Gasteiger partial charge in [0, 0.05) is 16.0 Å². The van der Waals surface area contributed by atoms with Crippen molar-refractivity contribution < 1.29 is 19.1 Å². The second-order valence-electron chi connectivity index (χ2n) is 6.62. The normalized spacial score (nSPS) is 11.5. The van der Waals surface area contributed by atoms with Crippen molar-refractivity contribution >= 4 is 29.0 Å². The summed E-state index contributed by atoms with van der Waals surface area (Å²) in [5, 5.41) is 4.72. The highest BCUT2D eigenvalue weighted by atomic mass is 32.1. The van der Waals surface area contributed by atoms with E-state index in [0.29, 0.717) is 5.56 Å². The largest absolute Gasteiger partial charge is 0.452 e. The van der Waals surface area contributed by atoms with Crippen LogP contribution in [0.15, 0.2) is 66.0 Å². The predicted octanol–water partition coefficient (Wildman–Crippen LogP) is 4.32. The molecule has 3 rings (SSSR count). The first-order valence-electron chi connectivity index (χ1n) is 9.16.